The summed E-state index contributed by atoms with van der Waals surface area (Å²) in [6.07, 6.45) is 1.96. The molecule has 126 valence electrons. The van der Waals surface area contributed by atoms with Crippen molar-refractivity contribution >= 4 is 11.7 Å². The third-order valence-electron chi connectivity index (χ3n) is 3.26. The number of carbonyl (C=O) groups excluding carboxylic acids is 2. The molecule has 0 bridgehead atoms. The van der Waals surface area contributed by atoms with Gasteiger partial charge in [0, 0.05) is 24.6 Å². The van der Waals surface area contributed by atoms with Crippen LogP contribution >= 0.6 is 0 Å². The maximum absolute atomic E-state index is 12.9. The molecule has 0 atom stereocenters. The Kier molecular flexibility index (Phi) is 5.44. The zero-order valence-electron chi connectivity index (χ0n) is 14.1. The molecular weight excluding hydrogens is 307 g/mol. The zero-order valence-corrected chi connectivity index (χ0v) is 14.1. The van der Waals surface area contributed by atoms with Crippen LogP contribution in [-0.2, 0) is 17.6 Å². The van der Waals surface area contributed by atoms with Crippen LogP contribution in [0.25, 0.3) is 0 Å². The van der Waals surface area contributed by atoms with E-state index in [9.17, 15) is 14.0 Å². The molecule has 0 radical (unpaired) electrons. The van der Waals surface area contributed by atoms with Gasteiger partial charge < -0.3 is 5.32 Å². The fourth-order valence-corrected chi connectivity index (χ4v) is 2.23. The van der Waals surface area contributed by atoms with Gasteiger partial charge in [-0.25, -0.2) is 4.39 Å². The first kappa shape index (κ1) is 17.8. The molecule has 1 N–H and O–H groups in total. The number of pyridine rings is 1. The minimum atomic E-state index is -0.354. The van der Waals surface area contributed by atoms with Crippen LogP contribution in [0.3, 0.4) is 0 Å². The fourth-order valence-electron chi connectivity index (χ4n) is 2.23. The van der Waals surface area contributed by atoms with Crippen molar-refractivity contribution in [3.63, 3.8) is 0 Å². The molecule has 2 rings (SSSR count). The number of aromatic nitrogens is 1. The minimum Gasteiger partial charge on any atom is -0.346 e. The van der Waals surface area contributed by atoms with Crippen molar-refractivity contribution in [3.05, 3.63) is 65.2 Å². The Labute approximate surface area is 141 Å². The molecule has 2 aromatic rings. The molecule has 1 heterocycles. The molecule has 0 unspecified atom stereocenters. The van der Waals surface area contributed by atoms with Gasteiger partial charge in [0.25, 0.3) is 5.91 Å². The molecule has 0 fully saturated rings. The molecule has 4 nitrogen and oxygen atoms in total. The summed E-state index contributed by atoms with van der Waals surface area (Å²) >= 11 is 0. The van der Waals surface area contributed by atoms with Gasteiger partial charge in [0.1, 0.15) is 17.3 Å². The van der Waals surface area contributed by atoms with E-state index >= 15 is 0 Å². The van der Waals surface area contributed by atoms with Crippen molar-refractivity contribution in [2.24, 2.45) is 0 Å². The number of rotatable bonds is 5. The SMILES string of the molecule is CC(C)(C)NC(=O)c1cc(CC(=O)Cc2ccc(F)cc2)ccn1. The molecule has 1 aromatic heterocycles. The summed E-state index contributed by atoms with van der Waals surface area (Å²) in [7, 11) is 0. The van der Waals surface area contributed by atoms with E-state index < -0.39 is 0 Å². The first-order valence-electron chi connectivity index (χ1n) is 7.76. The number of halogens is 1. The second-order valence-corrected chi connectivity index (χ2v) is 6.77. The van der Waals surface area contributed by atoms with Gasteiger partial charge in [-0.1, -0.05) is 12.1 Å². The van der Waals surface area contributed by atoms with Crippen molar-refractivity contribution in [3.8, 4) is 0 Å². The predicted molar refractivity (Wildman–Crippen MR) is 90.3 cm³/mol. The number of benzene rings is 1. The van der Waals surface area contributed by atoms with Crippen molar-refractivity contribution < 1.29 is 14.0 Å². The Bertz CT molecular complexity index is 734. The summed E-state index contributed by atoms with van der Waals surface area (Å²) in [5.41, 5.74) is 1.43. The largest absolute Gasteiger partial charge is 0.346 e. The number of ketones is 1. The molecule has 0 spiro atoms. The third kappa shape index (κ3) is 5.57. The van der Waals surface area contributed by atoms with Gasteiger partial charge in [0.05, 0.1) is 0 Å². The standard InChI is InChI=1S/C19H21FN2O2/c1-19(2,3)22-18(24)17-12-14(8-9-21-17)11-16(23)10-13-4-6-15(20)7-5-13/h4-9,12H,10-11H2,1-3H3,(H,22,24). The monoisotopic (exact) mass is 328 g/mol. The topological polar surface area (TPSA) is 59.1 Å². The van der Waals surface area contributed by atoms with Crippen molar-refractivity contribution in [1.82, 2.24) is 10.3 Å². The van der Waals surface area contributed by atoms with Gasteiger partial charge in [0.15, 0.2) is 0 Å². The molecule has 5 heteroatoms. The van der Waals surface area contributed by atoms with Gasteiger partial charge in [-0.15, -0.1) is 0 Å². The Morgan fingerprint density at radius 2 is 1.67 bits per heavy atom. The van der Waals surface area contributed by atoms with Gasteiger partial charge in [-0.3, -0.25) is 14.6 Å². The van der Waals surface area contributed by atoms with E-state index in [2.05, 4.69) is 10.3 Å². The van der Waals surface area contributed by atoms with Crippen molar-refractivity contribution in [2.45, 2.75) is 39.2 Å². The van der Waals surface area contributed by atoms with Gasteiger partial charge >= 0.3 is 0 Å². The van der Waals surface area contributed by atoms with Crippen LogP contribution in [0.5, 0.6) is 0 Å². The smallest absolute Gasteiger partial charge is 0.270 e. The lowest BCUT2D eigenvalue weighted by Crippen LogP contribution is -2.40. The summed E-state index contributed by atoms with van der Waals surface area (Å²) in [6, 6.07) is 9.22. The molecule has 1 amide bonds. The summed E-state index contributed by atoms with van der Waals surface area (Å²) in [4.78, 5) is 28.3. The van der Waals surface area contributed by atoms with Crippen LogP contribution in [0.1, 0.15) is 42.4 Å². The highest BCUT2D eigenvalue weighted by Crippen LogP contribution is 2.09. The molecule has 1 aromatic carbocycles. The van der Waals surface area contributed by atoms with Gasteiger partial charge in [-0.2, -0.15) is 0 Å². The molecule has 0 aliphatic heterocycles. The number of carbonyl (C=O) groups is 2. The van der Waals surface area contributed by atoms with Gasteiger partial charge in [0.2, 0.25) is 0 Å². The number of amides is 1. The van der Waals surface area contributed by atoms with Crippen molar-refractivity contribution in [2.75, 3.05) is 0 Å². The van der Waals surface area contributed by atoms with Gasteiger partial charge in [-0.05, 0) is 56.2 Å². The highest BCUT2D eigenvalue weighted by Gasteiger charge is 2.17. The van der Waals surface area contributed by atoms with Crippen molar-refractivity contribution in [1.29, 1.82) is 0 Å². The van der Waals surface area contributed by atoms with E-state index in [1.807, 2.05) is 20.8 Å². The summed E-state index contributed by atoms with van der Waals surface area (Å²) in [5.74, 6) is -0.597. The second kappa shape index (κ2) is 7.34. The third-order valence-corrected chi connectivity index (χ3v) is 3.26. The van der Waals surface area contributed by atoms with E-state index in [1.54, 1.807) is 24.3 Å². The Balaban J connectivity index is 2.02. The maximum Gasteiger partial charge on any atom is 0.270 e. The number of hydrogen-bond acceptors (Lipinski definition) is 3. The van der Waals surface area contributed by atoms with Crippen LogP contribution in [0.2, 0.25) is 0 Å². The fraction of sp³-hybridized carbons (Fsp3) is 0.316. The maximum atomic E-state index is 12.9. The van der Waals surface area contributed by atoms with E-state index in [4.69, 9.17) is 0 Å². The minimum absolute atomic E-state index is 0.00464. The van der Waals surface area contributed by atoms with Crippen LogP contribution in [0.4, 0.5) is 4.39 Å². The van der Waals surface area contributed by atoms with E-state index in [0.717, 1.165) is 11.1 Å². The lowest BCUT2D eigenvalue weighted by molar-refractivity contribution is -0.117. The summed E-state index contributed by atoms with van der Waals surface area (Å²) in [5, 5.41) is 2.84. The normalized spacial score (nSPS) is 11.2. The van der Waals surface area contributed by atoms with E-state index in [-0.39, 0.29) is 41.6 Å². The second-order valence-electron chi connectivity index (χ2n) is 6.77. The molecule has 0 aliphatic rings. The number of hydrogen-bond donors (Lipinski definition) is 1. The number of Topliss-reactive ketones (excluding diaryl/α,β-unsaturated/α-hetero) is 1. The van der Waals surface area contributed by atoms with Crippen LogP contribution < -0.4 is 5.32 Å². The number of nitrogens with zero attached hydrogens (tertiary/aromatic N) is 1. The zero-order chi connectivity index (χ0) is 17.7. The summed E-state index contributed by atoms with van der Waals surface area (Å²) < 4.78 is 12.9. The first-order chi connectivity index (χ1) is 11.2. The first-order valence-corrected chi connectivity index (χ1v) is 7.76. The average molecular weight is 328 g/mol. The molecule has 24 heavy (non-hydrogen) atoms. The molecule has 0 saturated heterocycles. The Morgan fingerprint density at radius 3 is 2.29 bits per heavy atom. The van der Waals surface area contributed by atoms with E-state index in [0.29, 0.717) is 0 Å². The highest BCUT2D eigenvalue weighted by atomic mass is 19.1. The van der Waals surface area contributed by atoms with Crippen LogP contribution in [-0.4, -0.2) is 22.2 Å². The Morgan fingerprint density at radius 1 is 1.04 bits per heavy atom. The lowest BCUT2D eigenvalue weighted by Gasteiger charge is -2.20. The van der Waals surface area contributed by atoms with E-state index in [1.165, 1.54) is 18.3 Å². The Hall–Kier alpha value is -2.56. The summed E-state index contributed by atoms with van der Waals surface area (Å²) in [6.45, 7) is 5.67. The van der Waals surface area contributed by atoms with Crippen LogP contribution in [0.15, 0.2) is 42.6 Å². The number of nitrogens with one attached hydrogen (secondary N) is 1. The average Bonchev–Trinajstić information content (AvgIpc) is 2.48. The highest BCUT2D eigenvalue weighted by molar-refractivity contribution is 5.93. The molecular formula is C19H21FN2O2. The molecule has 0 saturated carbocycles. The predicted octanol–water partition coefficient (Wildman–Crippen LogP) is 3.10. The van der Waals surface area contributed by atoms with Crippen LogP contribution in [0, 0.1) is 5.82 Å². The lowest BCUT2D eigenvalue weighted by atomic mass is 10.0. The molecule has 0 aliphatic carbocycles. The quantitative estimate of drug-likeness (QED) is 0.917.